The highest BCUT2D eigenvalue weighted by atomic mass is 32.2. The molecule has 3 heterocycles. The fraction of sp³-hybridized carbons (Fsp3) is 0.688. The summed E-state index contributed by atoms with van der Waals surface area (Å²) in [6.45, 7) is -0.524. The summed E-state index contributed by atoms with van der Waals surface area (Å²) >= 11 is 0. The standard InChI is InChI=1S/C16H24N6O6S/c17-29(25,26)27-6-10-12(23)13(24)16(28-10)22-8-20-11-14(18-7-19-15(11)22)21-9-4-2-1-3-5-9/h7-10,12-13,16,23-24H,1-6H2,(H2,17,25,26)(H,18,19,21)/t10-,12-,13-,16-/m1/s1. The van der Waals surface area contributed by atoms with E-state index in [1.807, 2.05) is 0 Å². The highest BCUT2D eigenvalue weighted by Gasteiger charge is 2.45. The van der Waals surface area contributed by atoms with Gasteiger partial charge in [-0.1, -0.05) is 19.3 Å². The van der Waals surface area contributed by atoms with E-state index in [1.54, 1.807) is 0 Å². The lowest BCUT2D eigenvalue weighted by atomic mass is 9.95. The second-order valence-electron chi connectivity index (χ2n) is 7.35. The van der Waals surface area contributed by atoms with E-state index in [9.17, 15) is 18.6 Å². The number of aromatic nitrogens is 4. The first-order chi connectivity index (χ1) is 13.8. The first-order valence-corrected chi connectivity index (χ1v) is 10.9. The van der Waals surface area contributed by atoms with E-state index in [1.165, 1.54) is 36.5 Å². The van der Waals surface area contributed by atoms with E-state index in [-0.39, 0.29) is 0 Å². The molecule has 160 valence electrons. The first-order valence-electron chi connectivity index (χ1n) is 9.46. The van der Waals surface area contributed by atoms with Gasteiger partial charge in [-0.05, 0) is 12.8 Å². The Morgan fingerprint density at radius 2 is 1.97 bits per heavy atom. The normalized spacial score (nSPS) is 28.8. The van der Waals surface area contributed by atoms with Crippen LogP contribution in [0.3, 0.4) is 0 Å². The molecule has 0 radical (unpaired) electrons. The maximum Gasteiger partial charge on any atom is 0.333 e. The van der Waals surface area contributed by atoms with Crippen molar-refractivity contribution in [3.8, 4) is 0 Å². The molecule has 2 aromatic rings. The third kappa shape index (κ3) is 4.34. The van der Waals surface area contributed by atoms with Crippen LogP contribution in [0.15, 0.2) is 12.7 Å². The molecule has 0 spiro atoms. The predicted octanol–water partition coefficient (Wildman–Crippen LogP) is -0.590. The summed E-state index contributed by atoms with van der Waals surface area (Å²) in [6.07, 6.45) is 3.70. The second kappa shape index (κ2) is 8.08. The number of imidazole rings is 1. The molecule has 0 amide bonds. The quantitative estimate of drug-likeness (QED) is 0.465. The van der Waals surface area contributed by atoms with Crippen molar-refractivity contribution in [2.24, 2.45) is 5.14 Å². The van der Waals surface area contributed by atoms with Gasteiger partial charge < -0.3 is 20.3 Å². The van der Waals surface area contributed by atoms with Crippen molar-refractivity contribution in [1.29, 1.82) is 0 Å². The lowest BCUT2D eigenvalue weighted by Gasteiger charge is -2.23. The molecule has 12 nitrogen and oxygen atoms in total. The first kappa shape index (κ1) is 20.4. The predicted molar refractivity (Wildman–Crippen MR) is 101 cm³/mol. The van der Waals surface area contributed by atoms with Crippen LogP contribution in [0.2, 0.25) is 0 Å². The number of nitrogens with one attached hydrogen (secondary N) is 1. The van der Waals surface area contributed by atoms with Crippen LogP contribution in [0.1, 0.15) is 38.3 Å². The number of nitrogens with zero attached hydrogens (tertiary/aromatic N) is 4. The Balaban J connectivity index is 1.55. The molecule has 1 saturated carbocycles. The van der Waals surface area contributed by atoms with Crippen LogP contribution < -0.4 is 10.5 Å². The number of ether oxygens (including phenoxy) is 1. The summed E-state index contributed by atoms with van der Waals surface area (Å²) in [7, 11) is -4.20. The molecule has 1 aliphatic carbocycles. The number of rotatable bonds is 6. The number of hydrogen-bond donors (Lipinski definition) is 4. The third-order valence-electron chi connectivity index (χ3n) is 5.31. The molecule has 13 heteroatoms. The summed E-state index contributed by atoms with van der Waals surface area (Å²) in [5, 5.41) is 28.8. The van der Waals surface area contributed by atoms with Crippen LogP contribution in [0.25, 0.3) is 11.2 Å². The van der Waals surface area contributed by atoms with Crippen molar-refractivity contribution in [2.45, 2.75) is 62.7 Å². The zero-order valence-electron chi connectivity index (χ0n) is 15.6. The topological polar surface area (TPSA) is 175 Å². The number of anilines is 1. The number of aliphatic hydroxyl groups excluding tert-OH is 2. The summed E-state index contributed by atoms with van der Waals surface area (Å²) in [5.41, 5.74) is 0.940. The van der Waals surface area contributed by atoms with E-state index in [0.29, 0.717) is 23.0 Å². The molecule has 2 fully saturated rings. The highest BCUT2D eigenvalue weighted by molar-refractivity contribution is 7.84. The van der Waals surface area contributed by atoms with Crippen LogP contribution in [0.5, 0.6) is 0 Å². The van der Waals surface area contributed by atoms with E-state index in [0.717, 1.165) is 12.8 Å². The van der Waals surface area contributed by atoms with Gasteiger partial charge in [0, 0.05) is 6.04 Å². The molecular formula is C16H24N6O6S. The lowest BCUT2D eigenvalue weighted by Crippen LogP contribution is -2.35. The Morgan fingerprint density at radius 3 is 2.69 bits per heavy atom. The molecular weight excluding hydrogens is 404 g/mol. The fourth-order valence-electron chi connectivity index (χ4n) is 3.84. The molecule has 0 bridgehead atoms. The van der Waals surface area contributed by atoms with Gasteiger partial charge in [0.25, 0.3) is 0 Å². The van der Waals surface area contributed by atoms with Crippen LogP contribution in [-0.2, 0) is 19.2 Å². The highest BCUT2D eigenvalue weighted by Crippen LogP contribution is 2.33. The largest absolute Gasteiger partial charge is 0.387 e. The van der Waals surface area contributed by atoms with E-state index in [2.05, 4.69) is 24.5 Å². The maximum atomic E-state index is 11.0. The zero-order valence-corrected chi connectivity index (χ0v) is 16.4. The molecule has 1 aliphatic heterocycles. The zero-order chi connectivity index (χ0) is 20.6. The van der Waals surface area contributed by atoms with Crippen LogP contribution in [-0.4, -0.2) is 69.1 Å². The SMILES string of the molecule is NS(=O)(=O)OC[C@H]1O[C@@H](n2cnc3c(NC4CCCCC4)ncnc32)[C@H](O)[C@@H]1O. The molecule has 1 saturated heterocycles. The van der Waals surface area contributed by atoms with E-state index in [4.69, 9.17) is 9.88 Å². The monoisotopic (exact) mass is 428 g/mol. The van der Waals surface area contributed by atoms with Gasteiger partial charge in [-0.15, -0.1) is 0 Å². The number of nitrogens with two attached hydrogens (primary N) is 1. The molecule has 2 aliphatic rings. The van der Waals surface area contributed by atoms with Crippen LogP contribution in [0, 0.1) is 0 Å². The minimum absolute atomic E-state index is 0.321. The number of aliphatic hydroxyl groups is 2. The Labute approximate surface area is 167 Å². The Bertz CT molecular complexity index is 962. The Morgan fingerprint density at radius 1 is 1.21 bits per heavy atom. The van der Waals surface area contributed by atoms with Gasteiger partial charge in [0.05, 0.1) is 12.9 Å². The van der Waals surface area contributed by atoms with Crippen molar-refractivity contribution in [2.75, 3.05) is 11.9 Å². The summed E-state index contributed by atoms with van der Waals surface area (Å²) in [4.78, 5) is 12.9. The molecule has 0 aromatic carbocycles. The Kier molecular flexibility index (Phi) is 5.68. The van der Waals surface area contributed by atoms with Crippen molar-refractivity contribution in [1.82, 2.24) is 19.5 Å². The van der Waals surface area contributed by atoms with Gasteiger partial charge in [0.1, 0.15) is 24.6 Å². The van der Waals surface area contributed by atoms with E-state index < -0.39 is 41.5 Å². The maximum absolute atomic E-state index is 11.0. The van der Waals surface area contributed by atoms with Crippen molar-refractivity contribution in [3.05, 3.63) is 12.7 Å². The average molecular weight is 428 g/mol. The van der Waals surface area contributed by atoms with Gasteiger partial charge in [0.2, 0.25) is 0 Å². The molecule has 2 aromatic heterocycles. The van der Waals surface area contributed by atoms with Gasteiger partial charge in [0.15, 0.2) is 23.2 Å². The van der Waals surface area contributed by atoms with Gasteiger partial charge >= 0.3 is 10.3 Å². The fourth-order valence-corrected chi connectivity index (χ4v) is 4.17. The smallest absolute Gasteiger partial charge is 0.333 e. The van der Waals surface area contributed by atoms with E-state index >= 15 is 0 Å². The summed E-state index contributed by atoms with van der Waals surface area (Å²) < 4.78 is 33.5. The average Bonchev–Trinajstić information content (AvgIpc) is 3.23. The lowest BCUT2D eigenvalue weighted by molar-refractivity contribution is -0.0467. The minimum atomic E-state index is -4.20. The molecule has 29 heavy (non-hydrogen) atoms. The molecule has 5 N–H and O–H groups in total. The van der Waals surface area contributed by atoms with Crippen LogP contribution >= 0.6 is 0 Å². The van der Waals surface area contributed by atoms with Gasteiger partial charge in [-0.3, -0.25) is 8.75 Å². The summed E-state index contributed by atoms with van der Waals surface area (Å²) in [5.74, 6) is 0.600. The van der Waals surface area contributed by atoms with Gasteiger partial charge in [-0.25, -0.2) is 20.1 Å². The van der Waals surface area contributed by atoms with Crippen LogP contribution in [0.4, 0.5) is 5.82 Å². The van der Waals surface area contributed by atoms with Crippen molar-refractivity contribution >= 4 is 27.3 Å². The Hall–Kier alpha value is -1.90. The second-order valence-corrected chi connectivity index (χ2v) is 8.57. The van der Waals surface area contributed by atoms with Crippen molar-refractivity contribution in [3.63, 3.8) is 0 Å². The minimum Gasteiger partial charge on any atom is -0.387 e. The van der Waals surface area contributed by atoms with Gasteiger partial charge in [-0.2, -0.15) is 8.42 Å². The number of fused-ring (bicyclic) bond motifs is 1. The summed E-state index contributed by atoms with van der Waals surface area (Å²) in [6, 6.07) is 0.321. The third-order valence-corrected chi connectivity index (χ3v) is 5.78. The molecule has 4 atom stereocenters. The number of hydrogen-bond acceptors (Lipinski definition) is 10. The molecule has 4 rings (SSSR count). The van der Waals surface area contributed by atoms with Crippen molar-refractivity contribution < 1.29 is 27.6 Å². The molecule has 0 unspecified atom stereocenters.